The van der Waals surface area contributed by atoms with Gasteiger partial charge in [-0.05, 0) is 81.2 Å². The third-order valence-corrected chi connectivity index (χ3v) is 11.8. The Balaban J connectivity index is 0.985. The quantitative estimate of drug-likeness (QED) is 0.415. The van der Waals surface area contributed by atoms with Crippen molar-refractivity contribution in [2.24, 2.45) is 5.92 Å². The summed E-state index contributed by atoms with van der Waals surface area (Å²) in [6.45, 7) is 3.82. The zero-order chi connectivity index (χ0) is 30.5. The van der Waals surface area contributed by atoms with Crippen molar-refractivity contribution in [2.75, 3.05) is 71.3 Å². The minimum Gasteiger partial charge on any atom is -0.486 e. The molecule has 0 aliphatic carbocycles. The van der Waals surface area contributed by atoms with E-state index in [4.69, 9.17) is 14.2 Å². The lowest BCUT2D eigenvalue weighted by Gasteiger charge is -2.34. The number of carbonyl (C=O) groups is 1. The molecule has 5 rings (SSSR count). The van der Waals surface area contributed by atoms with E-state index in [1.165, 1.54) is 20.7 Å². The van der Waals surface area contributed by atoms with Gasteiger partial charge in [0.2, 0.25) is 25.8 Å². The molecule has 0 radical (unpaired) electrons. The lowest BCUT2D eigenvalue weighted by molar-refractivity contribution is 0.158. The number of sulfonamides is 2. The van der Waals surface area contributed by atoms with Crippen molar-refractivity contribution in [3.05, 3.63) is 48.3 Å². The molecule has 2 aromatic rings. The van der Waals surface area contributed by atoms with Crippen LogP contribution in [0.4, 0.5) is 9.18 Å². The van der Waals surface area contributed by atoms with Crippen LogP contribution in [0.25, 0.3) is 0 Å². The maximum absolute atomic E-state index is 13.2. The van der Waals surface area contributed by atoms with E-state index >= 15 is 0 Å². The van der Waals surface area contributed by atoms with Crippen LogP contribution in [0.1, 0.15) is 19.3 Å². The number of benzene rings is 2. The van der Waals surface area contributed by atoms with Gasteiger partial charge in [-0.2, -0.15) is 8.61 Å². The van der Waals surface area contributed by atoms with Crippen LogP contribution in [0.15, 0.2) is 47.4 Å². The minimum atomic E-state index is -3.81. The number of carbonyl (C=O) groups excluding carboxylic acids is 1. The molecule has 3 heterocycles. The van der Waals surface area contributed by atoms with Crippen LogP contribution in [-0.2, 0) is 20.0 Å². The number of nitrogens with zero attached hydrogens (tertiary/aromatic N) is 3. The largest absolute Gasteiger partial charge is 0.486 e. The molecule has 2 fully saturated rings. The number of amides is 1. The smallest absolute Gasteiger partial charge is 0.412 e. The molecule has 236 valence electrons. The van der Waals surface area contributed by atoms with Crippen LogP contribution in [0.3, 0.4) is 0 Å². The molecule has 1 N–H and O–H groups in total. The van der Waals surface area contributed by atoms with Gasteiger partial charge in [-0.15, -0.1) is 0 Å². The summed E-state index contributed by atoms with van der Waals surface area (Å²) in [5.41, 5.74) is 0. The number of piperazine rings is 1. The second-order valence-electron chi connectivity index (χ2n) is 10.8. The van der Waals surface area contributed by atoms with E-state index in [0.717, 1.165) is 38.1 Å². The highest BCUT2D eigenvalue weighted by Crippen LogP contribution is 2.39. The summed E-state index contributed by atoms with van der Waals surface area (Å²) in [5.74, 6) is 1.05. The maximum Gasteiger partial charge on any atom is 0.412 e. The van der Waals surface area contributed by atoms with Crippen molar-refractivity contribution >= 4 is 26.1 Å². The van der Waals surface area contributed by atoms with Crippen LogP contribution in [0, 0.1) is 11.7 Å². The van der Waals surface area contributed by atoms with Crippen LogP contribution < -0.4 is 19.5 Å². The van der Waals surface area contributed by atoms with E-state index in [-0.39, 0.29) is 36.8 Å². The predicted molar refractivity (Wildman–Crippen MR) is 156 cm³/mol. The fourth-order valence-electron chi connectivity index (χ4n) is 5.45. The number of fused-ring (bicyclic) bond motifs is 1. The zero-order valence-electron chi connectivity index (χ0n) is 23.8. The number of likely N-dealkylation sites (tertiary alicyclic amines) is 1. The molecule has 0 saturated carbocycles. The van der Waals surface area contributed by atoms with Gasteiger partial charge in [-0.1, -0.05) is 6.07 Å². The summed E-state index contributed by atoms with van der Waals surface area (Å²) in [4.78, 5) is 14.6. The number of nitrogens with one attached hydrogen (secondary N) is 1. The van der Waals surface area contributed by atoms with Crippen LogP contribution in [0.2, 0.25) is 0 Å². The summed E-state index contributed by atoms with van der Waals surface area (Å²) in [7, 11) is -7.34. The molecule has 15 heteroatoms. The number of ether oxygens (including phenoxy) is 3. The highest BCUT2D eigenvalue weighted by atomic mass is 32.2. The van der Waals surface area contributed by atoms with Gasteiger partial charge in [0.05, 0.1) is 10.6 Å². The first-order valence-electron chi connectivity index (χ1n) is 14.4. The van der Waals surface area contributed by atoms with E-state index in [1.807, 2.05) is 0 Å². The summed E-state index contributed by atoms with van der Waals surface area (Å²) in [5, 5.41) is 2.83. The molecule has 0 aromatic heterocycles. The first-order chi connectivity index (χ1) is 20.6. The zero-order valence-corrected chi connectivity index (χ0v) is 25.5. The predicted octanol–water partition coefficient (Wildman–Crippen LogP) is 2.12. The van der Waals surface area contributed by atoms with E-state index in [1.54, 1.807) is 18.2 Å². The van der Waals surface area contributed by atoms with Gasteiger partial charge in [0.15, 0.2) is 11.5 Å². The molecule has 2 aromatic carbocycles. The molecule has 0 bridgehead atoms. The summed E-state index contributed by atoms with van der Waals surface area (Å²) in [6.07, 6.45) is 1.66. The standard InChI is InChI=1S/C28H37FN4O8S2/c29-23-5-7-24(8-6-23)43(37,38)33-16-14-32(15-17-33)42(35,36)20-2-11-31-12-9-22(10-13-31)21-30-28(34)41-26-4-1-3-25-27(26)40-19-18-39-25/h1,3-8,22H,2,9-21H2,(H,30,34). The first-order valence-corrected chi connectivity index (χ1v) is 17.5. The average Bonchev–Trinajstić information content (AvgIpc) is 3.01. The van der Waals surface area contributed by atoms with Crippen molar-refractivity contribution in [2.45, 2.75) is 24.2 Å². The number of halogens is 1. The molecule has 0 unspecified atom stereocenters. The van der Waals surface area contributed by atoms with Crippen molar-refractivity contribution < 1.29 is 40.2 Å². The maximum atomic E-state index is 13.2. The van der Waals surface area contributed by atoms with E-state index < -0.39 is 32.0 Å². The summed E-state index contributed by atoms with van der Waals surface area (Å²) < 4.78 is 83.8. The lowest BCUT2D eigenvalue weighted by atomic mass is 9.97. The Kier molecular flexibility index (Phi) is 10.1. The van der Waals surface area contributed by atoms with Gasteiger partial charge in [-0.25, -0.2) is 26.0 Å². The highest BCUT2D eigenvalue weighted by Gasteiger charge is 2.33. The molecule has 43 heavy (non-hydrogen) atoms. The number of hydrogen-bond donors (Lipinski definition) is 1. The van der Waals surface area contributed by atoms with Crippen molar-refractivity contribution in [3.8, 4) is 17.2 Å². The number of piperidine rings is 1. The Hall–Kier alpha value is -2.98. The average molecular weight is 641 g/mol. The number of hydrogen-bond acceptors (Lipinski definition) is 9. The van der Waals surface area contributed by atoms with E-state index in [0.29, 0.717) is 55.9 Å². The molecule has 0 atom stereocenters. The number of rotatable bonds is 10. The fraction of sp³-hybridized carbons (Fsp3) is 0.536. The molecular weight excluding hydrogens is 603 g/mol. The molecule has 2 saturated heterocycles. The topological polar surface area (TPSA) is 135 Å². The Morgan fingerprint density at radius 1 is 0.907 bits per heavy atom. The molecule has 0 spiro atoms. The molecular formula is C28H37FN4O8S2. The normalized spacial score (nSPS) is 19.2. The van der Waals surface area contributed by atoms with Gasteiger partial charge >= 0.3 is 6.09 Å². The van der Waals surface area contributed by atoms with Crippen LogP contribution in [-0.4, -0.2) is 108 Å². The van der Waals surface area contributed by atoms with Crippen LogP contribution >= 0.6 is 0 Å². The van der Waals surface area contributed by atoms with Gasteiger partial charge in [0.1, 0.15) is 19.0 Å². The second-order valence-corrected chi connectivity index (χ2v) is 14.8. The fourth-order valence-corrected chi connectivity index (χ4v) is 8.34. The lowest BCUT2D eigenvalue weighted by Crippen LogP contribution is -2.51. The molecule has 3 aliphatic rings. The summed E-state index contributed by atoms with van der Waals surface area (Å²) >= 11 is 0. The van der Waals surface area contributed by atoms with Crippen molar-refractivity contribution in [1.82, 2.24) is 18.8 Å². The summed E-state index contributed by atoms with van der Waals surface area (Å²) in [6, 6.07) is 9.76. The third-order valence-electron chi connectivity index (χ3n) is 7.89. The van der Waals surface area contributed by atoms with E-state index in [9.17, 15) is 26.0 Å². The van der Waals surface area contributed by atoms with Crippen molar-refractivity contribution in [3.63, 3.8) is 0 Å². The van der Waals surface area contributed by atoms with Gasteiger partial charge < -0.3 is 24.4 Å². The minimum absolute atomic E-state index is 0.0109. The Morgan fingerprint density at radius 2 is 1.58 bits per heavy atom. The van der Waals surface area contributed by atoms with Crippen LogP contribution in [0.5, 0.6) is 17.2 Å². The monoisotopic (exact) mass is 640 g/mol. The van der Waals surface area contributed by atoms with Gasteiger partial charge in [0.25, 0.3) is 0 Å². The Morgan fingerprint density at radius 3 is 2.30 bits per heavy atom. The first kappa shape index (κ1) is 31.4. The molecule has 12 nitrogen and oxygen atoms in total. The third kappa shape index (κ3) is 7.95. The highest BCUT2D eigenvalue weighted by molar-refractivity contribution is 7.89. The van der Waals surface area contributed by atoms with Gasteiger partial charge in [0, 0.05) is 32.7 Å². The van der Waals surface area contributed by atoms with Crippen molar-refractivity contribution in [1.29, 1.82) is 0 Å². The van der Waals surface area contributed by atoms with E-state index in [2.05, 4.69) is 10.2 Å². The SMILES string of the molecule is O=C(NCC1CCN(CCCS(=O)(=O)N2CCN(S(=O)(=O)c3ccc(F)cc3)CC2)CC1)Oc1cccc2c1OCCO2. The Bertz CT molecular complexity index is 1470. The molecule has 3 aliphatic heterocycles. The molecule has 1 amide bonds. The van der Waals surface area contributed by atoms with Gasteiger partial charge in [-0.3, -0.25) is 0 Å². The second kappa shape index (κ2) is 13.8. The number of para-hydroxylation sites is 1. The Labute approximate surface area is 251 Å².